The lowest BCUT2D eigenvalue weighted by molar-refractivity contribution is -0.136. The van der Waals surface area contributed by atoms with Crippen LogP contribution in [-0.4, -0.2) is 49.5 Å². The fourth-order valence-electron chi connectivity index (χ4n) is 3.01. The fourth-order valence-corrected chi connectivity index (χ4v) is 3.01. The van der Waals surface area contributed by atoms with E-state index in [1.807, 2.05) is 37.3 Å². The predicted molar refractivity (Wildman–Crippen MR) is 104 cm³/mol. The number of benzene rings is 2. The molecule has 6 heteroatoms. The summed E-state index contributed by atoms with van der Waals surface area (Å²) < 4.78 is 5.84. The maximum atomic E-state index is 12.0. The molecule has 2 aromatic carbocycles. The Hall–Kier alpha value is -2.70. The normalized spacial score (nSPS) is 17.3. The van der Waals surface area contributed by atoms with Crippen molar-refractivity contribution >= 4 is 17.5 Å². The average Bonchev–Trinajstić information content (AvgIpc) is 2.70. The van der Waals surface area contributed by atoms with Gasteiger partial charge in [-0.3, -0.25) is 14.5 Å². The second-order valence-corrected chi connectivity index (χ2v) is 6.65. The van der Waals surface area contributed by atoms with Crippen LogP contribution in [-0.2, 0) is 14.3 Å². The molecule has 1 atom stereocenters. The van der Waals surface area contributed by atoms with Crippen LogP contribution in [0.2, 0.25) is 0 Å². The number of anilines is 1. The molecule has 2 aromatic rings. The predicted octanol–water partition coefficient (Wildman–Crippen LogP) is 2.12. The summed E-state index contributed by atoms with van der Waals surface area (Å²) in [5, 5.41) is 5.28. The third-order valence-electron chi connectivity index (χ3n) is 4.55. The number of hydrogen-bond donors (Lipinski definition) is 2. The number of ether oxygens (including phenoxy) is 1. The number of amides is 2. The molecule has 1 heterocycles. The van der Waals surface area contributed by atoms with Gasteiger partial charge < -0.3 is 15.4 Å². The standard InChI is InChI=1S/C21H25N3O3/c1-16-7-9-18(10-8-16)23-21(26)20(25)22-11-12-24-13-14-27-19(15-24)17-5-3-2-4-6-17/h2-10,19H,11-15H2,1H3,(H,22,25)(H,23,26). The second-order valence-electron chi connectivity index (χ2n) is 6.65. The molecule has 27 heavy (non-hydrogen) atoms. The third-order valence-corrected chi connectivity index (χ3v) is 4.55. The topological polar surface area (TPSA) is 70.7 Å². The molecular weight excluding hydrogens is 342 g/mol. The largest absolute Gasteiger partial charge is 0.371 e. The molecule has 0 saturated carbocycles. The van der Waals surface area contributed by atoms with Crippen LogP contribution in [0.5, 0.6) is 0 Å². The van der Waals surface area contributed by atoms with Crippen molar-refractivity contribution in [2.24, 2.45) is 0 Å². The van der Waals surface area contributed by atoms with Crippen molar-refractivity contribution in [2.75, 3.05) is 38.1 Å². The molecule has 3 rings (SSSR count). The Morgan fingerprint density at radius 2 is 1.81 bits per heavy atom. The van der Waals surface area contributed by atoms with Gasteiger partial charge in [0.1, 0.15) is 0 Å². The van der Waals surface area contributed by atoms with Crippen molar-refractivity contribution in [3.05, 3.63) is 65.7 Å². The highest BCUT2D eigenvalue weighted by Crippen LogP contribution is 2.21. The lowest BCUT2D eigenvalue weighted by Gasteiger charge is -2.33. The summed E-state index contributed by atoms with van der Waals surface area (Å²) in [5.41, 5.74) is 2.86. The number of rotatable bonds is 5. The van der Waals surface area contributed by atoms with E-state index in [0.29, 0.717) is 25.4 Å². The molecule has 0 aliphatic carbocycles. The Kier molecular flexibility index (Phi) is 6.57. The van der Waals surface area contributed by atoms with E-state index in [-0.39, 0.29) is 6.10 Å². The van der Waals surface area contributed by atoms with Crippen molar-refractivity contribution < 1.29 is 14.3 Å². The number of morpholine rings is 1. The van der Waals surface area contributed by atoms with Crippen LogP contribution in [0.3, 0.4) is 0 Å². The van der Waals surface area contributed by atoms with Crippen LogP contribution in [0, 0.1) is 6.92 Å². The molecule has 1 saturated heterocycles. The minimum Gasteiger partial charge on any atom is -0.371 e. The van der Waals surface area contributed by atoms with Crippen LogP contribution in [0.1, 0.15) is 17.2 Å². The van der Waals surface area contributed by atoms with E-state index in [9.17, 15) is 9.59 Å². The van der Waals surface area contributed by atoms with E-state index in [0.717, 1.165) is 24.2 Å². The van der Waals surface area contributed by atoms with Crippen molar-refractivity contribution in [1.82, 2.24) is 10.2 Å². The smallest absolute Gasteiger partial charge is 0.313 e. The van der Waals surface area contributed by atoms with Crippen LogP contribution < -0.4 is 10.6 Å². The summed E-state index contributed by atoms with van der Waals surface area (Å²) in [4.78, 5) is 26.2. The van der Waals surface area contributed by atoms with E-state index < -0.39 is 11.8 Å². The summed E-state index contributed by atoms with van der Waals surface area (Å²) in [7, 11) is 0. The van der Waals surface area contributed by atoms with Crippen molar-refractivity contribution in [3.8, 4) is 0 Å². The van der Waals surface area contributed by atoms with Crippen LogP contribution >= 0.6 is 0 Å². The molecule has 1 aliphatic heterocycles. The molecule has 1 aliphatic rings. The maximum Gasteiger partial charge on any atom is 0.313 e. The fraction of sp³-hybridized carbons (Fsp3) is 0.333. The number of carbonyl (C=O) groups excluding carboxylic acids is 2. The first-order valence-corrected chi connectivity index (χ1v) is 9.16. The Labute approximate surface area is 159 Å². The Balaban J connectivity index is 1.41. The summed E-state index contributed by atoms with van der Waals surface area (Å²) in [5.74, 6) is -1.27. The summed E-state index contributed by atoms with van der Waals surface area (Å²) in [6, 6.07) is 17.4. The first kappa shape index (κ1) is 19.1. The Morgan fingerprint density at radius 1 is 1.07 bits per heavy atom. The molecule has 0 radical (unpaired) electrons. The van der Waals surface area contributed by atoms with E-state index >= 15 is 0 Å². The summed E-state index contributed by atoms with van der Waals surface area (Å²) >= 11 is 0. The highest BCUT2D eigenvalue weighted by atomic mass is 16.5. The lowest BCUT2D eigenvalue weighted by atomic mass is 10.1. The minimum atomic E-state index is -0.650. The SMILES string of the molecule is Cc1ccc(NC(=O)C(=O)NCCN2CCOC(c3ccccc3)C2)cc1. The molecule has 0 bridgehead atoms. The van der Waals surface area contributed by atoms with Gasteiger partial charge in [0.15, 0.2) is 0 Å². The Morgan fingerprint density at radius 3 is 2.56 bits per heavy atom. The van der Waals surface area contributed by atoms with Crippen molar-refractivity contribution in [1.29, 1.82) is 0 Å². The van der Waals surface area contributed by atoms with Gasteiger partial charge in [0, 0.05) is 31.9 Å². The van der Waals surface area contributed by atoms with Gasteiger partial charge in [-0.2, -0.15) is 0 Å². The third kappa shape index (κ3) is 5.64. The van der Waals surface area contributed by atoms with Gasteiger partial charge in [0.25, 0.3) is 0 Å². The molecule has 2 N–H and O–H groups in total. The molecule has 2 amide bonds. The van der Waals surface area contributed by atoms with Crippen molar-refractivity contribution in [2.45, 2.75) is 13.0 Å². The van der Waals surface area contributed by atoms with Gasteiger partial charge in [-0.15, -0.1) is 0 Å². The maximum absolute atomic E-state index is 12.0. The van der Waals surface area contributed by atoms with Crippen LogP contribution in [0.15, 0.2) is 54.6 Å². The molecule has 6 nitrogen and oxygen atoms in total. The van der Waals surface area contributed by atoms with Crippen molar-refractivity contribution in [3.63, 3.8) is 0 Å². The van der Waals surface area contributed by atoms with Gasteiger partial charge >= 0.3 is 11.8 Å². The zero-order valence-corrected chi connectivity index (χ0v) is 15.5. The number of nitrogens with one attached hydrogen (secondary N) is 2. The second kappa shape index (κ2) is 9.30. The van der Waals surface area contributed by atoms with Crippen LogP contribution in [0.25, 0.3) is 0 Å². The van der Waals surface area contributed by atoms with E-state index in [1.165, 1.54) is 0 Å². The van der Waals surface area contributed by atoms with Gasteiger partial charge in [0.05, 0.1) is 12.7 Å². The lowest BCUT2D eigenvalue weighted by Crippen LogP contribution is -2.44. The monoisotopic (exact) mass is 367 g/mol. The quantitative estimate of drug-likeness (QED) is 0.795. The minimum absolute atomic E-state index is 0.0421. The Bertz CT molecular complexity index is 762. The first-order chi connectivity index (χ1) is 13.1. The molecule has 1 unspecified atom stereocenters. The zero-order chi connectivity index (χ0) is 19.1. The van der Waals surface area contributed by atoms with E-state index in [2.05, 4.69) is 27.7 Å². The van der Waals surface area contributed by atoms with E-state index in [4.69, 9.17) is 4.74 Å². The molecule has 1 fully saturated rings. The molecular formula is C21H25N3O3. The number of carbonyl (C=O) groups is 2. The average molecular weight is 367 g/mol. The van der Waals surface area contributed by atoms with E-state index in [1.54, 1.807) is 12.1 Å². The van der Waals surface area contributed by atoms with Gasteiger partial charge in [-0.05, 0) is 24.6 Å². The molecule has 0 spiro atoms. The highest BCUT2D eigenvalue weighted by molar-refractivity contribution is 6.39. The van der Waals surface area contributed by atoms with Crippen LogP contribution in [0.4, 0.5) is 5.69 Å². The van der Waals surface area contributed by atoms with Gasteiger partial charge in [-0.25, -0.2) is 0 Å². The highest BCUT2D eigenvalue weighted by Gasteiger charge is 2.22. The molecule has 0 aromatic heterocycles. The zero-order valence-electron chi connectivity index (χ0n) is 15.5. The van der Waals surface area contributed by atoms with Gasteiger partial charge in [-0.1, -0.05) is 48.0 Å². The summed E-state index contributed by atoms with van der Waals surface area (Å²) in [6.07, 6.45) is 0.0421. The number of hydrogen-bond acceptors (Lipinski definition) is 4. The number of nitrogens with zero attached hydrogens (tertiary/aromatic N) is 1. The molecule has 142 valence electrons. The van der Waals surface area contributed by atoms with Gasteiger partial charge in [0.2, 0.25) is 0 Å². The first-order valence-electron chi connectivity index (χ1n) is 9.16. The number of aryl methyl sites for hydroxylation is 1. The summed E-state index contributed by atoms with van der Waals surface area (Å²) in [6.45, 7) is 5.30.